The molecule has 2 aromatic rings. The highest BCUT2D eigenvalue weighted by atomic mass is 15.1. The monoisotopic (exact) mass is 254 g/mol. The Morgan fingerprint density at radius 3 is 2.42 bits per heavy atom. The van der Waals surface area contributed by atoms with E-state index >= 15 is 0 Å². The van der Waals surface area contributed by atoms with Crippen LogP contribution in [0.1, 0.15) is 16.7 Å². The lowest BCUT2D eigenvalue weighted by molar-refractivity contribution is 0.874. The number of likely N-dealkylation sites (N-methyl/N-ethyl adjacent to an activating group) is 1. The highest BCUT2D eigenvalue weighted by molar-refractivity contribution is 5.48. The molecule has 19 heavy (non-hydrogen) atoms. The fourth-order valence-electron chi connectivity index (χ4n) is 2.10. The van der Waals surface area contributed by atoms with Crippen LogP contribution in [0.15, 0.2) is 48.5 Å². The minimum Gasteiger partial charge on any atom is -0.374 e. The largest absolute Gasteiger partial charge is 0.374 e. The van der Waals surface area contributed by atoms with E-state index in [0.29, 0.717) is 6.54 Å². The summed E-state index contributed by atoms with van der Waals surface area (Å²) in [5, 5.41) is 0. The van der Waals surface area contributed by atoms with E-state index in [2.05, 4.69) is 67.4 Å². The second-order valence-corrected chi connectivity index (χ2v) is 5.03. The molecule has 2 nitrogen and oxygen atoms in total. The zero-order chi connectivity index (χ0) is 13.7. The summed E-state index contributed by atoms with van der Waals surface area (Å²) in [5.41, 5.74) is 10.8. The van der Waals surface area contributed by atoms with Crippen molar-refractivity contribution < 1.29 is 0 Å². The number of benzene rings is 2. The highest BCUT2D eigenvalue weighted by Crippen LogP contribution is 2.15. The summed E-state index contributed by atoms with van der Waals surface area (Å²) in [5.74, 6) is 0. The molecule has 0 heterocycles. The molecule has 0 aromatic heterocycles. The zero-order valence-corrected chi connectivity index (χ0v) is 11.8. The van der Waals surface area contributed by atoms with Crippen molar-refractivity contribution in [2.24, 2.45) is 5.73 Å². The average Bonchev–Trinajstić information content (AvgIpc) is 2.46. The van der Waals surface area contributed by atoms with E-state index < -0.39 is 0 Å². The third-order valence-electron chi connectivity index (χ3n) is 3.44. The van der Waals surface area contributed by atoms with Gasteiger partial charge in [0.2, 0.25) is 0 Å². The van der Waals surface area contributed by atoms with E-state index in [4.69, 9.17) is 5.73 Å². The van der Waals surface area contributed by atoms with Gasteiger partial charge in [-0.15, -0.1) is 0 Å². The predicted molar refractivity (Wildman–Crippen MR) is 82.5 cm³/mol. The van der Waals surface area contributed by atoms with Crippen LogP contribution in [-0.2, 0) is 13.0 Å². The quantitative estimate of drug-likeness (QED) is 0.888. The number of aryl methyl sites for hydroxylation is 1. The van der Waals surface area contributed by atoms with Crippen LogP contribution in [0, 0.1) is 6.92 Å². The lowest BCUT2D eigenvalue weighted by atomic mass is 10.1. The van der Waals surface area contributed by atoms with Crippen molar-refractivity contribution in [3.8, 4) is 0 Å². The Balaban J connectivity index is 1.96. The molecule has 100 valence electrons. The number of hydrogen-bond acceptors (Lipinski definition) is 2. The van der Waals surface area contributed by atoms with Crippen molar-refractivity contribution >= 4 is 5.69 Å². The molecule has 0 saturated carbocycles. The van der Waals surface area contributed by atoms with Crippen molar-refractivity contribution in [3.63, 3.8) is 0 Å². The van der Waals surface area contributed by atoms with Crippen molar-refractivity contribution in [2.45, 2.75) is 19.9 Å². The van der Waals surface area contributed by atoms with E-state index in [0.717, 1.165) is 13.0 Å². The minimum atomic E-state index is 0.597. The second-order valence-electron chi connectivity index (χ2n) is 5.03. The van der Waals surface area contributed by atoms with Crippen LogP contribution >= 0.6 is 0 Å². The van der Waals surface area contributed by atoms with Crippen LogP contribution in [0.4, 0.5) is 5.69 Å². The molecule has 0 aliphatic heterocycles. The number of nitrogens with zero attached hydrogens (tertiary/aromatic N) is 1. The maximum absolute atomic E-state index is 5.68. The molecule has 0 fully saturated rings. The highest BCUT2D eigenvalue weighted by Gasteiger charge is 2.02. The van der Waals surface area contributed by atoms with Crippen LogP contribution < -0.4 is 10.6 Å². The van der Waals surface area contributed by atoms with E-state index in [1.54, 1.807) is 0 Å². The van der Waals surface area contributed by atoms with Gasteiger partial charge in [-0.1, -0.05) is 42.0 Å². The Morgan fingerprint density at radius 1 is 1.00 bits per heavy atom. The average molecular weight is 254 g/mol. The van der Waals surface area contributed by atoms with Crippen LogP contribution in [-0.4, -0.2) is 13.6 Å². The summed E-state index contributed by atoms with van der Waals surface area (Å²) in [6.07, 6.45) is 1.06. The van der Waals surface area contributed by atoms with Crippen molar-refractivity contribution in [1.82, 2.24) is 0 Å². The minimum absolute atomic E-state index is 0.597. The summed E-state index contributed by atoms with van der Waals surface area (Å²) in [6, 6.07) is 17.2. The van der Waals surface area contributed by atoms with E-state index in [9.17, 15) is 0 Å². The summed E-state index contributed by atoms with van der Waals surface area (Å²) >= 11 is 0. The number of rotatable bonds is 5. The van der Waals surface area contributed by atoms with Gasteiger partial charge in [0.25, 0.3) is 0 Å². The molecule has 2 N–H and O–H groups in total. The molecule has 0 radical (unpaired) electrons. The third kappa shape index (κ3) is 3.83. The van der Waals surface area contributed by atoms with Crippen molar-refractivity contribution in [3.05, 3.63) is 65.2 Å². The maximum Gasteiger partial charge on any atom is 0.0366 e. The number of hydrogen-bond donors (Lipinski definition) is 1. The standard InChI is InChI=1S/C17H22N2/c1-14-6-8-15(9-7-14)10-11-19(2)17-5-3-4-16(12-17)13-18/h3-9,12H,10-11,13,18H2,1-2H3. The Morgan fingerprint density at radius 2 is 1.74 bits per heavy atom. The third-order valence-corrected chi connectivity index (χ3v) is 3.44. The molecule has 2 heteroatoms. The van der Waals surface area contributed by atoms with Gasteiger partial charge in [-0.05, 0) is 36.6 Å². The zero-order valence-electron chi connectivity index (χ0n) is 11.8. The fourth-order valence-corrected chi connectivity index (χ4v) is 2.10. The van der Waals surface area contributed by atoms with Gasteiger partial charge in [0.1, 0.15) is 0 Å². The van der Waals surface area contributed by atoms with Crippen molar-refractivity contribution in [2.75, 3.05) is 18.5 Å². The summed E-state index contributed by atoms with van der Waals surface area (Å²) in [6.45, 7) is 3.73. The van der Waals surface area contributed by atoms with Crippen LogP contribution in [0.2, 0.25) is 0 Å². The summed E-state index contributed by atoms with van der Waals surface area (Å²) in [4.78, 5) is 2.28. The number of anilines is 1. The Bertz CT molecular complexity index is 517. The number of nitrogens with two attached hydrogens (primary N) is 1. The molecular weight excluding hydrogens is 232 g/mol. The van der Waals surface area contributed by atoms with E-state index in [1.165, 1.54) is 22.4 Å². The molecule has 0 unspecified atom stereocenters. The van der Waals surface area contributed by atoms with Gasteiger partial charge in [-0.2, -0.15) is 0 Å². The lowest BCUT2D eigenvalue weighted by Gasteiger charge is -2.20. The molecular formula is C17H22N2. The molecule has 0 amide bonds. The normalized spacial score (nSPS) is 10.5. The van der Waals surface area contributed by atoms with E-state index in [1.807, 2.05) is 0 Å². The van der Waals surface area contributed by atoms with Gasteiger partial charge >= 0.3 is 0 Å². The molecule has 2 rings (SSSR count). The van der Waals surface area contributed by atoms with Crippen LogP contribution in [0.25, 0.3) is 0 Å². The van der Waals surface area contributed by atoms with Gasteiger partial charge in [0.15, 0.2) is 0 Å². The molecule has 0 saturated heterocycles. The SMILES string of the molecule is Cc1ccc(CCN(C)c2cccc(CN)c2)cc1. The first-order chi connectivity index (χ1) is 9.19. The summed E-state index contributed by atoms with van der Waals surface area (Å²) in [7, 11) is 2.13. The van der Waals surface area contributed by atoms with E-state index in [-0.39, 0.29) is 0 Å². The Kier molecular flexibility index (Phi) is 4.58. The van der Waals surface area contributed by atoms with Gasteiger partial charge in [-0.3, -0.25) is 0 Å². The maximum atomic E-state index is 5.68. The van der Waals surface area contributed by atoms with Gasteiger partial charge in [-0.25, -0.2) is 0 Å². The van der Waals surface area contributed by atoms with Crippen molar-refractivity contribution in [1.29, 1.82) is 0 Å². The van der Waals surface area contributed by atoms with Crippen LogP contribution in [0.5, 0.6) is 0 Å². The first kappa shape index (κ1) is 13.6. The Hall–Kier alpha value is -1.80. The van der Waals surface area contributed by atoms with Crippen LogP contribution in [0.3, 0.4) is 0 Å². The second kappa shape index (κ2) is 6.39. The topological polar surface area (TPSA) is 29.3 Å². The molecule has 0 spiro atoms. The Labute approximate surface area is 115 Å². The molecule has 2 aromatic carbocycles. The molecule has 0 aliphatic rings. The first-order valence-corrected chi connectivity index (χ1v) is 6.75. The first-order valence-electron chi connectivity index (χ1n) is 6.75. The lowest BCUT2D eigenvalue weighted by Crippen LogP contribution is -2.20. The predicted octanol–water partition coefficient (Wildman–Crippen LogP) is 3.13. The fraction of sp³-hybridized carbons (Fsp3) is 0.294. The molecule has 0 aliphatic carbocycles. The smallest absolute Gasteiger partial charge is 0.0366 e. The van der Waals surface area contributed by atoms with Gasteiger partial charge in [0.05, 0.1) is 0 Å². The van der Waals surface area contributed by atoms with Gasteiger partial charge < -0.3 is 10.6 Å². The molecule has 0 atom stereocenters. The summed E-state index contributed by atoms with van der Waals surface area (Å²) < 4.78 is 0. The van der Waals surface area contributed by atoms with Gasteiger partial charge in [0, 0.05) is 25.8 Å². The molecule has 0 bridgehead atoms.